The first-order valence-corrected chi connectivity index (χ1v) is 9.38. The number of nitrogens with one attached hydrogen (secondary N) is 2. The first-order chi connectivity index (χ1) is 11.5. The molecule has 1 aromatic rings. The lowest BCUT2D eigenvalue weighted by molar-refractivity contribution is -0.146. The summed E-state index contributed by atoms with van der Waals surface area (Å²) in [5, 5.41) is 0. The molecule has 0 spiro atoms. The van der Waals surface area contributed by atoms with E-state index in [0.29, 0.717) is 5.56 Å². The molecule has 0 aromatic heterocycles. The maximum absolute atomic E-state index is 12.5. The molecule has 1 aliphatic heterocycles. The highest BCUT2D eigenvalue weighted by atomic mass is 79.9. The molecule has 2 aliphatic carbocycles. The van der Waals surface area contributed by atoms with Gasteiger partial charge in [-0.2, -0.15) is 0 Å². The van der Waals surface area contributed by atoms with Crippen LogP contribution in [0, 0.1) is 23.7 Å². The molecule has 2 bridgehead atoms. The summed E-state index contributed by atoms with van der Waals surface area (Å²) in [6.45, 7) is 0. The smallest absolute Gasteiger partial charge is 0.310 e. The molecule has 1 heterocycles. The first kappa shape index (κ1) is 16.1. The minimum Gasteiger partial charge on any atom is -0.461 e. The summed E-state index contributed by atoms with van der Waals surface area (Å²) in [7, 11) is 0. The van der Waals surface area contributed by atoms with Gasteiger partial charge in [-0.1, -0.05) is 31.9 Å². The Morgan fingerprint density at radius 1 is 1.12 bits per heavy atom. The highest BCUT2D eigenvalue weighted by molar-refractivity contribution is 9.10. The molecule has 1 saturated heterocycles. The Labute approximate surface area is 154 Å². The second-order valence-corrected chi connectivity index (χ2v) is 8.38. The van der Waals surface area contributed by atoms with E-state index in [9.17, 15) is 14.4 Å². The van der Waals surface area contributed by atoms with Gasteiger partial charge in [0, 0.05) is 16.0 Å². The molecule has 3 aliphatic rings. The van der Waals surface area contributed by atoms with Crippen LogP contribution >= 0.6 is 31.9 Å². The average molecular weight is 458 g/mol. The molecule has 8 heteroatoms. The van der Waals surface area contributed by atoms with Crippen LogP contribution in [0.2, 0.25) is 0 Å². The lowest BCUT2D eigenvalue weighted by Crippen LogP contribution is -2.49. The van der Waals surface area contributed by atoms with E-state index in [1.165, 1.54) is 0 Å². The van der Waals surface area contributed by atoms with Gasteiger partial charge in [-0.15, -0.1) is 0 Å². The number of halogens is 2. The molecular formula is C16H14Br2N2O4. The summed E-state index contributed by atoms with van der Waals surface area (Å²) < 4.78 is 6.24. The van der Waals surface area contributed by atoms with E-state index in [1.54, 1.807) is 24.3 Å². The summed E-state index contributed by atoms with van der Waals surface area (Å²) in [6, 6.07) is 6.79. The number of hydrogen-bond donors (Lipinski definition) is 2. The van der Waals surface area contributed by atoms with Gasteiger partial charge in [0.15, 0.2) is 0 Å². The summed E-state index contributed by atoms with van der Waals surface area (Å²) in [5.74, 6) is -1.73. The molecule has 6 nitrogen and oxygen atoms in total. The van der Waals surface area contributed by atoms with Crippen molar-refractivity contribution in [3.63, 3.8) is 0 Å². The molecule has 126 valence electrons. The summed E-state index contributed by atoms with van der Waals surface area (Å²) >= 11 is 6.86. The Bertz CT molecular complexity index is 723. The van der Waals surface area contributed by atoms with E-state index >= 15 is 0 Å². The molecule has 2 saturated carbocycles. The van der Waals surface area contributed by atoms with Crippen LogP contribution in [0.1, 0.15) is 16.8 Å². The number of amides is 2. The van der Waals surface area contributed by atoms with Crippen LogP contribution in [0.5, 0.6) is 0 Å². The average Bonchev–Trinajstić information content (AvgIpc) is 3.17. The Kier molecular flexibility index (Phi) is 3.91. The van der Waals surface area contributed by atoms with E-state index in [2.05, 4.69) is 42.7 Å². The third-order valence-electron chi connectivity index (χ3n) is 5.23. The lowest BCUT2D eigenvalue weighted by Gasteiger charge is -2.27. The number of alkyl halides is 1. The normalized spacial score (nSPS) is 35.7. The van der Waals surface area contributed by atoms with Crippen LogP contribution in [-0.4, -0.2) is 28.7 Å². The quantitative estimate of drug-likeness (QED) is 0.402. The van der Waals surface area contributed by atoms with Gasteiger partial charge in [0.1, 0.15) is 6.10 Å². The third-order valence-corrected chi connectivity index (χ3v) is 6.96. The van der Waals surface area contributed by atoms with Crippen molar-refractivity contribution in [3.05, 3.63) is 34.3 Å². The monoisotopic (exact) mass is 456 g/mol. The summed E-state index contributed by atoms with van der Waals surface area (Å²) in [4.78, 5) is 36.7. The summed E-state index contributed by atoms with van der Waals surface area (Å²) in [5.41, 5.74) is 5.32. The molecule has 24 heavy (non-hydrogen) atoms. The van der Waals surface area contributed by atoms with Gasteiger partial charge < -0.3 is 4.74 Å². The standard InChI is InChI=1S/C16H14Br2N2O4/c17-7-3-1-6(2-4-7)14(21)19-20-15(22)10-8-5-9-11(10)16(23)24-13(9)12(8)18/h1-4,8-13H,5H2,(H,19,21)(H,20,22)/t8-,9-,10-,11-,12-,13+/m1/s1. The zero-order chi connectivity index (χ0) is 17.0. The van der Waals surface area contributed by atoms with E-state index < -0.39 is 17.7 Å². The molecule has 6 atom stereocenters. The van der Waals surface area contributed by atoms with Crippen LogP contribution in [0.15, 0.2) is 28.7 Å². The number of rotatable bonds is 2. The number of carbonyl (C=O) groups is 3. The minimum absolute atomic E-state index is 0.00289. The SMILES string of the molecule is O=C(NNC(=O)[C@@H]1[C@H]2C[C@H]3[C@H](OC(=O)[C@H]31)[C@@H]2Br)c1ccc(Br)cc1. The molecule has 4 rings (SSSR count). The zero-order valence-corrected chi connectivity index (χ0v) is 15.5. The fourth-order valence-corrected chi connectivity index (χ4v) is 5.51. The molecule has 0 radical (unpaired) electrons. The zero-order valence-electron chi connectivity index (χ0n) is 12.4. The highest BCUT2D eigenvalue weighted by Crippen LogP contribution is 2.59. The topological polar surface area (TPSA) is 84.5 Å². The molecule has 3 fully saturated rings. The molecule has 2 amide bonds. The Morgan fingerprint density at radius 3 is 2.54 bits per heavy atom. The van der Waals surface area contributed by atoms with Crippen molar-refractivity contribution < 1.29 is 19.1 Å². The van der Waals surface area contributed by atoms with Crippen molar-refractivity contribution in [2.45, 2.75) is 17.4 Å². The van der Waals surface area contributed by atoms with Crippen molar-refractivity contribution in [1.82, 2.24) is 10.9 Å². The number of hydrogen-bond acceptors (Lipinski definition) is 4. The largest absolute Gasteiger partial charge is 0.461 e. The maximum atomic E-state index is 12.5. The predicted molar refractivity (Wildman–Crippen MR) is 90.9 cm³/mol. The van der Waals surface area contributed by atoms with Crippen LogP contribution in [0.4, 0.5) is 0 Å². The van der Waals surface area contributed by atoms with E-state index in [4.69, 9.17) is 4.74 Å². The van der Waals surface area contributed by atoms with Crippen LogP contribution in [0.3, 0.4) is 0 Å². The second-order valence-electron chi connectivity index (χ2n) is 6.41. The highest BCUT2D eigenvalue weighted by Gasteiger charge is 2.67. The Balaban J connectivity index is 1.43. The number of ether oxygens (including phenoxy) is 1. The number of carbonyl (C=O) groups excluding carboxylic acids is 3. The predicted octanol–water partition coefficient (Wildman–Crippen LogP) is 1.78. The fraction of sp³-hybridized carbons (Fsp3) is 0.438. The van der Waals surface area contributed by atoms with Gasteiger partial charge in [0.2, 0.25) is 5.91 Å². The van der Waals surface area contributed by atoms with Gasteiger partial charge >= 0.3 is 5.97 Å². The van der Waals surface area contributed by atoms with Crippen LogP contribution < -0.4 is 10.9 Å². The van der Waals surface area contributed by atoms with Gasteiger partial charge in [0.25, 0.3) is 5.91 Å². The van der Waals surface area contributed by atoms with Crippen molar-refractivity contribution in [3.8, 4) is 0 Å². The molecule has 0 unspecified atom stereocenters. The second kappa shape index (κ2) is 5.84. The van der Waals surface area contributed by atoms with Crippen LogP contribution in [0.25, 0.3) is 0 Å². The van der Waals surface area contributed by atoms with Gasteiger partial charge in [0.05, 0.1) is 16.7 Å². The lowest BCUT2D eigenvalue weighted by atomic mass is 9.79. The van der Waals surface area contributed by atoms with Crippen molar-refractivity contribution in [2.75, 3.05) is 0 Å². The first-order valence-electron chi connectivity index (χ1n) is 7.67. The number of hydrazine groups is 1. The van der Waals surface area contributed by atoms with E-state index in [-0.39, 0.29) is 34.6 Å². The van der Waals surface area contributed by atoms with E-state index in [0.717, 1.165) is 10.9 Å². The number of esters is 1. The molecule has 2 N–H and O–H groups in total. The van der Waals surface area contributed by atoms with Gasteiger partial charge in [-0.05, 0) is 36.6 Å². The van der Waals surface area contributed by atoms with Crippen LogP contribution in [-0.2, 0) is 14.3 Å². The van der Waals surface area contributed by atoms with Crippen molar-refractivity contribution in [1.29, 1.82) is 0 Å². The van der Waals surface area contributed by atoms with E-state index in [1.807, 2.05) is 0 Å². The van der Waals surface area contributed by atoms with Gasteiger partial charge in [-0.25, -0.2) is 0 Å². The van der Waals surface area contributed by atoms with Crippen molar-refractivity contribution in [2.24, 2.45) is 23.7 Å². The number of fused-ring (bicyclic) bond motifs is 1. The van der Waals surface area contributed by atoms with Crippen molar-refractivity contribution >= 4 is 49.6 Å². The third kappa shape index (κ3) is 2.38. The summed E-state index contributed by atoms with van der Waals surface area (Å²) in [6.07, 6.45) is 0.685. The van der Waals surface area contributed by atoms with Gasteiger partial charge in [-0.3, -0.25) is 25.2 Å². The Morgan fingerprint density at radius 2 is 1.83 bits per heavy atom. The molecular weight excluding hydrogens is 444 g/mol. The fourth-order valence-electron chi connectivity index (χ4n) is 4.21. The molecule has 1 aromatic carbocycles. The number of benzene rings is 1. The minimum atomic E-state index is -0.462. The Hall–Kier alpha value is -1.41. The maximum Gasteiger partial charge on any atom is 0.310 e.